The topological polar surface area (TPSA) is 57.0 Å². The maximum absolute atomic E-state index is 12.9. The van der Waals surface area contributed by atoms with Gasteiger partial charge in [0.1, 0.15) is 5.01 Å². The summed E-state index contributed by atoms with van der Waals surface area (Å²) in [6.07, 6.45) is 3.52. The van der Waals surface area contributed by atoms with Crippen LogP contribution in [0.4, 0.5) is 0 Å². The van der Waals surface area contributed by atoms with Crippen molar-refractivity contribution >= 4 is 17.1 Å². The molecule has 0 amide bonds. The molecule has 0 bridgehead atoms. The van der Waals surface area contributed by atoms with Crippen LogP contribution in [-0.2, 0) is 4.79 Å². The molecule has 5 heteroatoms. The fourth-order valence-electron chi connectivity index (χ4n) is 3.04. The molecule has 0 N–H and O–H groups in total. The quantitative estimate of drug-likeness (QED) is 0.838. The molecule has 2 heterocycles. The lowest BCUT2D eigenvalue weighted by atomic mass is 9.89. The molecule has 0 radical (unpaired) electrons. The van der Waals surface area contributed by atoms with Gasteiger partial charge in [-0.25, -0.2) is 4.98 Å². The second-order valence-electron chi connectivity index (χ2n) is 6.08. The van der Waals surface area contributed by atoms with Crippen molar-refractivity contribution in [1.82, 2.24) is 9.88 Å². The Morgan fingerprint density at radius 2 is 2.05 bits per heavy atom. The molecular weight excluding hydrogens is 282 g/mol. The van der Waals surface area contributed by atoms with Crippen LogP contribution < -0.4 is 0 Å². The molecule has 0 aromatic carbocycles. The summed E-state index contributed by atoms with van der Waals surface area (Å²) >= 11 is 1.41. The highest BCUT2D eigenvalue weighted by Gasteiger charge is 2.36. The molecule has 0 spiro atoms. The van der Waals surface area contributed by atoms with E-state index in [9.17, 15) is 10.1 Å². The summed E-state index contributed by atoms with van der Waals surface area (Å²) in [4.78, 5) is 19.5. The first-order chi connectivity index (χ1) is 10.0. The summed E-state index contributed by atoms with van der Waals surface area (Å²) < 4.78 is 0. The monoisotopic (exact) mass is 305 g/mol. The summed E-state index contributed by atoms with van der Waals surface area (Å²) in [5, 5.41) is 12.0. The fourth-order valence-corrected chi connectivity index (χ4v) is 3.89. The van der Waals surface area contributed by atoms with Gasteiger partial charge in [-0.05, 0) is 38.8 Å². The van der Waals surface area contributed by atoms with Crippen LogP contribution in [-0.4, -0.2) is 34.8 Å². The van der Waals surface area contributed by atoms with E-state index in [0.717, 1.165) is 31.6 Å². The minimum absolute atomic E-state index is 0.0174. The number of thiazole rings is 1. The minimum Gasteiger partial charge on any atom is -0.296 e. The second-order valence-corrected chi connectivity index (χ2v) is 6.97. The highest BCUT2D eigenvalue weighted by atomic mass is 32.1. The van der Waals surface area contributed by atoms with Crippen LogP contribution in [0.3, 0.4) is 0 Å². The van der Waals surface area contributed by atoms with Gasteiger partial charge in [-0.2, -0.15) is 5.26 Å². The number of aromatic nitrogens is 1. The highest BCUT2D eigenvalue weighted by Crippen LogP contribution is 2.27. The maximum Gasteiger partial charge on any atom is 0.174 e. The van der Waals surface area contributed by atoms with Crippen molar-refractivity contribution in [3.63, 3.8) is 0 Å². The normalized spacial score (nSPS) is 19.2. The van der Waals surface area contributed by atoms with Crippen molar-refractivity contribution in [1.29, 1.82) is 5.26 Å². The smallest absolute Gasteiger partial charge is 0.174 e. The third-order valence-electron chi connectivity index (χ3n) is 4.00. The number of hydrogen-bond acceptors (Lipinski definition) is 5. The molecule has 2 unspecified atom stereocenters. The molecule has 21 heavy (non-hydrogen) atoms. The van der Waals surface area contributed by atoms with Crippen LogP contribution >= 0.6 is 11.3 Å². The third kappa shape index (κ3) is 3.69. The van der Waals surface area contributed by atoms with Gasteiger partial charge in [-0.3, -0.25) is 9.69 Å². The number of hydrogen-bond donors (Lipinski definition) is 0. The molecule has 2 atom stereocenters. The van der Waals surface area contributed by atoms with Gasteiger partial charge in [0.15, 0.2) is 11.7 Å². The number of carbonyl (C=O) groups is 1. The number of nitrogens with zero attached hydrogens (tertiary/aromatic N) is 3. The van der Waals surface area contributed by atoms with E-state index >= 15 is 0 Å². The molecule has 1 aromatic heterocycles. The zero-order valence-corrected chi connectivity index (χ0v) is 13.8. The Hall–Kier alpha value is -1.25. The van der Waals surface area contributed by atoms with Crippen molar-refractivity contribution in [3.8, 4) is 6.07 Å². The average Bonchev–Trinajstić information content (AvgIpc) is 2.87. The van der Waals surface area contributed by atoms with E-state index in [1.54, 1.807) is 0 Å². The lowest BCUT2D eigenvalue weighted by molar-refractivity contribution is -0.126. The Balaban J connectivity index is 2.22. The van der Waals surface area contributed by atoms with Gasteiger partial charge in [-0.1, -0.05) is 20.3 Å². The number of piperidine rings is 1. The number of carbonyl (C=O) groups excluding carboxylic acids is 1. The SMILES string of the molecule is Cc1csc(C(C#N)C(=O)C(C(C)C)N2CCCCC2)n1. The van der Waals surface area contributed by atoms with E-state index in [1.165, 1.54) is 17.8 Å². The average molecular weight is 305 g/mol. The van der Waals surface area contributed by atoms with Crippen LogP contribution in [0.1, 0.15) is 49.7 Å². The molecule has 1 fully saturated rings. The number of likely N-dealkylation sites (tertiary alicyclic amines) is 1. The van der Waals surface area contributed by atoms with E-state index in [4.69, 9.17) is 0 Å². The molecule has 1 aliphatic heterocycles. The van der Waals surface area contributed by atoms with Crippen LogP contribution in [0.25, 0.3) is 0 Å². The first kappa shape index (κ1) is 16.1. The van der Waals surface area contributed by atoms with E-state index in [1.807, 2.05) is 12.3 Å². The van der Waals surface area contributed by atoms with Crippen LogP contribution in [0.15, 0.2) is 5.38 Å². The Morgan fingerprint density at radius 3 is 2.52 bits per heavy atom. The Kier molecular flexibility index (Phi) is 5.49. The molecule has 0 aliphatic carbocycles. The van der Waals surface area contributed by atoms with Gasteiger partial charge >= 0.3 is 0 Å². The number of ketones is 1. The van der Waals surface area contributed by atoms with Crippen LogP contribution in [0.5, 0.6) is 0 Å². The van der Waals surface area contributed by atoms with Gasteiger partial charge in [0.2, 0.25) is 0 Å². The van der Waals surface area contributed by atoms with Crippen molar-refractivity contribution in [2.75, 3.05) is 13.1 Å². The lowest BCUT2D eigenvalue weighted by Crippen LogP contribution is -2.48. The largest absolute Gasteiger partial charge is 0.296 e. The molecule has 1 aliphatic rings. The molecule has 2 rings (SSSR count). The van der Waals surface area contributed by atoms with Crippen molar-refractivity contribution in [2.24, 2.45) is 5.92 Å². The zero-order chi connectivity index (χ0) is 15.4. The molecule has 114 valence electrons. The molecule has 1 aromatic rings. The van der Waals surface area contributed by atoms with E-state index in [0.29, 0.717) is 5.01 Å². The number of aryl methyl sites for hydroxylation is 1. The van der Waals surface area contributed by atoms with Gasteiger partial charge < -0.3 is 0 Å². The molecular formula is C16H23N3OS. The molecule has 4 nitrogen and oxygen atoms in total. The minimum atomic E-state index is -0.724. The summed E-state index contributed by atoms with van der Waals surface area (Å²) in [6.45, 7) is 7.95. The zero-order valence-electron chi connectivity index (χ0n) is 13.0. The van der Waals surface area contributed by atoms with Gasteiger partial charge in [0.05, 0.1) is 12.1 Å². The van der Waals surface area contributed by atoms with Crippen LogP contribution in [0, 0.1) is 24.2 Å². The molecule has 0 saturated carbocycles. The first-order valence-corrected chi connectivity index (χ1v) is 8.52. The summed E-state index contributed by atoms with van der Waals surface area (Å²) in [6, 6.07) is 2.01. The van der Waals surface area contributed by atoms with Crippen LogP contribution in [0.2, 0.25) is 0 Å². The van der Waals surface area contributed by atoms with E-state index in [2.05, 4.69) is 29.8 Å². The summed E-state index contributed by atoms with van der Waals surface area (Å²) in [7, 11) is 0. The summed E-state index contributed by atoms with van der Waals surface area (Å²) in [5.41, 5.74) is 0.877. The van der Waals surface area contributed by atoms with Crippen molar-refractivity contribution < 1.29 is 4.79 Å². The maximum atomic E-state index is 12.9. The highest BCUT2D eigenvalue weighted by molar-refractivity contribution is 7.09. The first-order valence-electron chi connectivity index (χ1n) is 7.64. The van der Waals surface area contributed by atoms with E-state index < -0.39 is 5.92 Å². The van der Waals surface area contributed by atoms with Crippen molar-refractivity contribution in [3.05, 3.63) is 16.1 Å². The number of nitriles is 1. The molecule has 1 saturated heterocycles. The predicted octanol–water partition coefficient (Wildman–Crippen LogP) is 3.14. The van der Waals surface area contributed by atoms with Crippen molar-refractivity contribution in [2.45, 2.75) is 52.0 Å². The Morgan fingerprint density at radius 1 is 1.38 bits per heavy atom. The standard InChI is InChI=1S/C16H23N3OS/c1-11(2)14(19-7-5-4-6-8-19)15(20)13(9-17)16-18-12(3)10-21-16/h10-11,13-14H,4-8H2,1-3H3. The Bertz CT molecular complexity index is 526. The lowest BCUT2D eigenvalue weighted by Gasteiger charge is -2.36. The van der Waals surface area contributed by atoms with Gasteiger partial charge in [0, 0.05) is 11.1 Å². The predicted molar refractivity (Wildman–Crippen MR) is 84.3 cm³/mol. The summed E-state index contributed by atoms with van der Waals surface area (Å²) in [5.74, 6) is -0.491. The Labute approximate surface area is 130 Å². The number of rotatable bonds is 5. The second kappa shape index (κ2) is 7.15. The third-order valence-corrected chi connectivity index (χ3v) is 5.03. The fraction of sp³-hybridized carbons (Fsp3) is 0.688. The van der Waals surface area contributed by atoms with Gasteiger partial charge in [0.25, 0.3) is 0 Å². The van der Waals surface area contributed by atoms with Gasteiger partial charge in [-0.15, -0.1) is 11.3 Å². The number of Topliss-reactive ketones (excluding diaryl/α,β-unsaturated/α-hetero) is 1. The van der Waals surface area contributed by atoms with E-state index in [-0.39, 0.29) is 17.7 Å².